The molecule has 0 amide bonds. The second-order valence-corrected chi connectivity index (χ2v) is 9.73. The van der Waals surface area contributed by atoms with Crippen molar-refractivity contribution in [3.8, 4) is 0 Å². The highest BCUT2D eigenvalue weighted by atomic mass is 32.1. The molecular weight excluding hydrogens is 380 g/mol. The fourth-order valence-corrected chi connectivity index (χ4v) is 5.14. The third kappa shape index (κ3) is 8.34. The van der Waals surface area contributed by atoms with Gasteiger partial charge in [-0.15, -0.1) is 11.3 Å². The number of nitrogens with zero attached hydrogens (tertiary/aromatic N) is 2. The van der Waals surface area contributed by atoms with Crippen molar-refractivity contribution in [2.24, 2.45) is 0 Å². The lowest BCUT2D eigenvalue weighted by Crippen LogP contribution is -2.28. The average molecular weight is 421 g/mol. The number of thiazole rings is 1. The first-order valence-electron chi connectivity index (χ1n) is 11.6. The van der Waals surface area contributed by atoms with Crippen LogP contribution in [-0.4, -0.2) is 22.6 Å². The van der Waals surface area contributed by atoms with E-state index in [1.54, 1.807) is 11.3 Å². The highest BCUT2D eigenvalue weighted by Gasteiger charge is 2.10. The maximum Gasteiger partial charge on any atom is 0.163 e. The number of fused-ring (bicyclic) bond motifs is 1. The van der Waals surface area contributed by atoms with Gasteiger partial charge in [0.1, 0.15) is 0 Å². The van der Waals surface area contributed by atoms with Crippen molar-refractivity contribution in [1.82, 2.24) is 9.47 Å². The van der Waals surface area contributed by atoms with E-state index in [0.717, 1.165) is 10.6 Å². The van der Waals surface area contributed by atoms with Crippen LogP contribution < -0.4 is 0 Å². The first-order chi connectivity index (χ1) is 13.8. The van der Waals surface area contributed by atoms with E-state index in [2.05, 4.69) is 47.6 Å². The van der Waals surface area contributed by atoms with Crippen molar-refractivity contribution >= 4 is 33.8 Å². The summed E-state index contributed by atoms with van der Waals surface area (Å²) in [6.07, 6.45) is 16.4. The largest absolute Gasteiger partial charge is 0.309 e. The molecule has 0 bridgehead atoms. The molecule has 2 aromatic rings. The van der Waals surface area contributed by atoms with Crippen molar-refractivity contribution in [2.75, 3.05) is 13.1 Å². The molecule has 2 nitrogen and oxygen atoms in total. The first-order valence-corrected chi connectivity index (χ1v) is 12.8. The van der Waals surface area contributed by atoms with E-state index >= 15 is 0 Å². The zero-order valence-electron chi connectivity index (χ0n) is 18.1. The van der Waals surface area contributed by atoms with E-state index in [0.29, 0.717) is 0 Å². The van der Waals surface area contributed by atoms with Crippen molar-refractivity contribution in [1.29, 1.82) is 0 Å². The number of aromatic nitrogens is 1. The fraction of sp³-hybridized carbons (Fsp3) is 0.708. The third-order valence-electron chi connectivity index (χ3n) is 5.57. The predicted octanol–water partition coefficient (Wildman–Crippen LogP) is 8.41. The van der Waals surface area contributed by atoms with Gasteiger partial charge in [0.25, 0.3) is 0 Å². The molecule has 0 aliphatic heterocycles. The zero-order valence-corrected chi connectivity index (χ0v) is 19.8. The van der Waals surface area contributed by atoms with Crippen LogP contribution >= 0.6 is 23.6 Å². The smallest absolute Gasteiger partial charge is 0.163 e. The highest BCUT2D eigenvalue weighted by Crippen LogP contribution is 2.23. The van der Waals surface area contributed by atoms with Gasteiger partial charge in [0.05, 0.1) is 16.9 Å². The van der Waals surface area contributed by atoms with E-state index < -0.39 is 0 Å². The molecule has 0 radical (unpaired) electrons. The molecule has 28 heavy (non-hydrogen) atoms. The molecule has 0 aliphatic rings. The molecule has 0 N–H and O–H groups in total. The summed E-state index contributed by atoms with van der Waals surface area (Å²) in [6, 6.07) is 8.65. The van der Waals surface area contributed by atoms with Gasteiger partial charge >= 0.3 is 0 Å². The Morgan fingerprint density at radius 3 is 1.93 bits per heavy atom. The van der Waals surface area contributed by atoms with E-state index in [9.17, 15) is 0 Å². The standard InChI is InChI=1S/C24H40N2S2/c1-3-5-7-9-11-15-19-25(20-16-12-10-8-6-4-2)21-26-22-17-13-14-18-23(22)28-24(26)27/h13-14,17-18H,3-12,15-16,19-21H2,1-2H3. The van der Waals surface area contributed by atoms with Gasteiger partial charge in [-0.05, 0) is 50.3 Å². The molecule has 0 unspecified atom stereocenters. The summed E-state index contributed by atoms with van der Waals surface area (Å²) in [7, 11) is 0. The Morgan fingerprint density at radius 1 is 0.786 bits per heavy atom. The average Bonchev–Trinajstić information content (AvgIpc) is 3.02. The Kier molecular flexibility index (Phi) is 12.0. The SMILES string of the molecule is CCCCCCCCN(CCCCCCCC)Cn1c(=S)sc2ccccc21. The second kappa shape index (κ2) is 14.3. The second-order valence-electron chi connectivity index (χ2n) is 8.06. The number of hydrogen-bond acceptors (Lipinski definition) is 3. The normalized spacial score (nSPS) is 11.7. The van der Waals surface area contributed by atoms with Gasteiger partial charge in [-0.3, -0.25) is 4.90 Å². The monoisotopic (exact) mass is 420 g/mol. The molecule has 1 aromatic heterocycles. The molecule has 1 heterocycles. The molecule has 0 aliphatic carbocycles. The topological polar surface area (TPSA) is 8.17 Å². The number of unbranched alkanes of at least 4 members (excludes halogenated alkanes) is 10. The Balaban J connectivity index is 1.88. The van der Waals surface area contributed by atoms with Crippen LogP contribution in [0.3, 0.4) is 0 Å². The fourth-order valence-electron chi connectivity index (χ4n) is 3.83. The zero-order chi connectivity index (χ0) is 20.0. The Labute approximate surface area is 182 Å². The lowest BCUT2D eigenvalue weighted by Gasteiger charge is -2.23. The Bertz CT molecular complexity index is 688. The lowest BCUT2D eigenvalue weighted by atomic mass is 10.1. The molecule has 158 valence electrons. The summed E-state index contributed by atoms with van der Waals surface area (Å²) in [5.74, 6) is 0. The van der Waals surface area contributed by atoms with Crippen LogP contribution in [-0.2, 0) is 6.67 Å². The summed E-state index contributed by atoms with van der Waals surface area (Å²) in [4.78, 5) is 2.65. The maximum atomic E-state index is 5.69. The van der Waals surface area contributed by atoms with Crippen LogP contribution in [0.4, 0.5) is 0 Å². The minimum atomic E-state index is 0.951. The minimum absolute atomic E-state index is 0.951. The number of benzene rings is 1. The van der Waals surface area contributed by atoms with E-state index in [1.807, 2.05) is 0 Å². The van der Waals surface area contributed by atoms with Crippen LogP contribution in [0.5, 0.6) is 0 Å². The molecule has 2 rings (SSSR count). The first kappa shape index (κ1) is 23.6. The van der Waals surface area contributed by atoms with Gasteiger partial charge in [0.15, 0.2) is 3.95 Å². The molecular formula is C24H40N2S2. The summed E-state index contributed by atoms with van der Waals surface area (Å²) in [6.45, 7) is 7.93. The van der Waals surface area contributed by atoms with Crippen LogP contribution in [0, 0.1) is 3.95 Å². The predicted molar refractivity (Wildman–Crippen MR) is 129 cm³/mol. The molecule has 4 heteroatoms. The molecule has 0 atom stereocenters. The minimum Gasteiger partial charge on any atom is -0.309 e. The number of rotatable bonds is 16. The molecule has 0 saturated heterocycles. The number of hydrogen-bond donors (Lipinski definition) is 0. The van der Waals surface area contributed by atoms with E-state index in [4.69, 9.17) is 12.2 Å². The lowest BCUT2D eigenvalue weighted by molar-refractivity contribution is 0.211. The van der Waals surface area contributed by atoms with E-state index in [-0.39, 0.29) is 0 Å². The molecule has 0 spiro atoms. The van der Waals surface area contributed by atoms with Gasteiger partial charge in [0.2, 0.25) is 0 Å². The molecule has 1 aromatic carbocycles. The van der Waals surface area contributed by atoms with Crippen LogP contribution in [0.25, 0.3) is 10.2 Å². The summed E-state index contributed by atoms with van der Waals surface area (Å²) in [5, 5.41) is 0. The van der Waals surface area contributed by atoms with Crippen molar-refractivity contribution in [3.63, 3.8) is 0 Å². The molecule has 0 saturated carbocycles. The van der Waals surface area contributed by atoms with Crippen molar-refractivity contribution < 1.29 is 0 Å². The summed E-state index contributed by atoms with van der Waals surface area (Å²) in [5.41, 5.74) is 1.30. The van der Waals surface area contributed by atoms with Crippen molar-refractivity contribution in [2.45, 2.75) is 97.6 Å². The Morgan fingerprint density at radius 2 is 1.32 bits per heavy atom. The van der Waals surface area contributed by atoms with Crippen LogP contribution in [0.1, 0.15) is 90.9 Å². The van der Waals surface area contributed by atoms with Gasteiger partial charge < -0.3 is 4.57 Å². The quantitative estimate of drug-likeness (QED) is 0.199. The summed E-state index contributed by atoms with van der Waals surface area (Å²) < 4.78 is 4.67. The van der Waals surface area contributed by atoms with Gasteiger partial charge in [-0.25, -0.2) is 0 Å². The van der Waals surface area contributed by atoms with Crippen LogP contribution in [0.15, 0.2) is 24.3 Å². The van der Waals surface area contributed by atoms with Gasteiger partial charge in [-0.2, -0.15) is 0 Å². The van der Waals surface area contributed by atoms with E-state index in [1.165, 1.54) is 100 Å². The number of para-hydroxylation sites is 1. The van der Waals surface area contributed by atoms with Gasteiger partial charge in [-0.1, -0.05) is 90.2 Å². The maximum absolute atomic E-state index is 5.69. The van der Waals surface area contributed by atoms with Crippen molar-refractivity contribution in [3.05, 3.63) is 28.2 Å². The summed E-state index contributed by atoms with van der Waals surface area (Å²) >= 11 is 7.44. The molecule has 0 fully saturated rings. The van der Waals surface area contributed by atoms with Gasteiger partial charge in [0, 0.05) is 0 Å². The van der Waals surface area contributed by atoms with Crippen LogP contribution in [0.2, 0.25) is 0 Å². The highest BCUT2D eigenvalue weighted by molar-refractivity contribution is 7.73. The third-order valence-corrected chi connectivity index (χ3v) is 7.00. The Hall–Kier alpha value is -0.710.